The van der Waals surface area contributed by atoms with E-state index >= 15 is 0 Å². The second-order valence-corrected chi connectivity index (χ2v) is 9.26. The van der Waals surface area contributed by atoms with E-state index in [4.69, 9.17) is 4.74 Å². The molecule has 9 nitrogen and oxygen atoms in total. The fourth-order valence-corrected chi connectivity index (χ4v) is 4.42. The van der Waals surface area contributed by atoms with Crippen LogP contribution in [0.3, 0.4) is 0 Å². The highest BCUT2D eigenvalue weighted by molar-refractivity contribution is 5.99. The highest BCUT2D eigenvalue weighted by Gasteiger charge is 2.17. The van der Waals surface area contributed by atoms with E-state index in [-0.39, 0.29) is 5.91 Å². The summed E-state index contributed by atoms with van der Waals surface area (Å²) < 4.78 is 19.9. The average molecular weight is 528 g/mol. The zero-order valence-corrected chi connectivity index (χ0v) is 21.9. The number of nitrogens with zero attached hydrogens (tertiary/aromatic N) is 4. The lowest BCUT2D eigenvalue weighted by Gasteiger charge is -2.34. The summed E-state index contributed by atoms with van der Waals surface area (Å²) in [6.45, 7) is 7.39. The predicted molar refractivity (Wildman–Crippen MR) is 154 cm³/mol. The van der Waals surface area contributed by atoms with Gasteiger partial charge in [0.15, 0.2) is 0 Å². The third-order valence-electron chi connectivity index (χ3n) is 6.54. The van der Waals surface area contributed by atoms with Crippen LogP contribution < -0.4 is 25.6 Å². The van der Waals surface area contributed by atoms with Crippen LogP contribution in [0.25, 0.3) is 10.9 Å². The van der Waals surface area contributed by atoms with Crippen LogP contribution in [-0.4, -0.2) is 61.1 Å². The molecule has 2 heterocycles. The van der Waals surface area contributed by atoms with E-state index in [1.165, 1.54) is 18.2 Å². The Hall–Kier alpha value is -4.70. The number of rotatable bonds is 8. The lowest BCUT2D eigenvalue weighted by molar-refractivity contribution is -0.111. The first-order valence-electron chi connectivity index (χ1n) is 12.6. The number of carbonyl (C=O) groups is 1. The van der Waals surface area contributed by atoms with Crippen LogP contribution in [0.4, 0.5) is 38.9 Å². The molecule has 5 rings (SSSR count). The van der Waals surface area contributed by atoms with Gasteiger partial charge in [-0.25, -0.2) is 9.37 Å². The highest BCUT2D eigenvalue weighted by atomic mass is 19.1. The molecule has 3 N–H and O–H groups in total. The molecule has 0 aliphatic carbocycles. The molecule has 1 aliphatic heterocycles. The van der Waals surface area contributed by atoms with Crippen LogP contribution in [-0.2, 0) is 4.79 Å². The monoisotopic (exact) mass is 527 g/mol. The van der Waals surface area contributed by atoms with Gasteiger partial charge in [0.1, 0.15) is 17.4 Å². The fourth-order valence-electron chi connectivity index (χ4n) is 4.42. The Balaban J connectivity index is 1.45. The van der Waals surface area contributed by atoms with E-state index in [1.54, 1.807) is 31.4 Å². The van der Waals surface area contributed by atoms with Gasteiger partial charge in [-0.15, -0.1) is 0 Å². The maximum atomic E-state index is 14.2. The lowest BCUT2D eigenvalue weighted by Crippen LogP contribution is -2.44. The van der Waals surface area contributed by atoms with E-state index in [2.05, 4.69) is 55.4 Å². The van der Waals surface area contributed by atoms with Crippen LogP contribution >= 0.6 is 0 Å². The van der Waals surface area contributed by atoms with Crippen molar-refractivity contribution in [2.75, 3.05) is 61.2 Å². The van der Waals surface area contributed by atoms with Gasteiger partial charge in [0.05, 0.1) is 18.3 Å². The second-order valence-electron chi connectivity index (χ2n) is 9.26. The molecule has 200 valence electrons. The summed E-state index contributed by atoms with van der Waals surface area (Å²) in [6, 6.07) is 17.5. The number of ether oxygens (including phenoxy) is 1. The molecule has 0 radical (unpaired) electrons. The molecule has 1 fully saturated rings. The van der Waals surface area contributed by atoms with Gasteiger partial charge >= 0.3 is 0 Å². The summed E-state index contributed by atoms with van der Waals surface area (Å²) in [5, 5.41) is 9.74. The summed E-state index contributed by atoms with van der Waals surface area (Å²) in [7, 11) is 3.76. The van der Waals surface area contributed by atoms with Gasteiger partial charge in [-0.3, -0.25) is 4.79 Å². The van der Waals surface area contributed by atoms with Gasteiger partial charge in [-0.05, 0) is 61.7 Å². The molecule has 1 aliphatic rings. The third-order valence-corrected chi connectivity index (χ3v) is 6.54. The number of fused-ring (bicyclic) bond motifs is 1. The van der Waals surface area contributed by atoms with E-state index in [0.717, 1.165) is 31.9 Å². The number of hydrogen-bond donors (Lipinski definition) is 3. The fraction of sp³-hybridized carbons (Fsp3) is 0.207. The molecule has 3 aromatic carbocycles. The Kier molecular flexibility index (Phi) is 7.55. The topological polar surface area (TPSA) is 94.6 Å². The molecule has 0 unspecified atom stereocenters. The minimum Gasteiger partial charge on any atom is -0.494 e. The number of likely N-dealkylation sites (N-methyl/N-ethyl adjacent to an activating group) is 1. The molecule has 0 bridgehead atoms. The number of halogens is 1. The number of piperazine rings is 1. The molecule has 0 atom stereocenters. The minimum atomic E-state index is -0.400. The summed E-state index contributed by atoms with van der Waals surface area (Å²) >= 11 is 0. The number of anilines is 6. The minimum absolute atomic E-state index is 0.318. The predicted octanol–water partition coefficient (Wildman–Crippen LogP) is 5.14. The smallest absolute Gasteiger partial charge is 0.247 e. The maximum Gasteiger partial charge on any atom is 0.247 e. The van der Waals surface area contributed by atoms with Crippen molar-refractivity contribution in [1.29, 1.82) is 0 Å². The number of nitrogens with one attached hydrogen (secondary N) is 3. The number of carbonyl (C=O) groups excluding carboxylic acids is 1. The Morgan fingerprint density at radius 1 is 1.00 bits per heavy atom. The number of aromatic nitrogens is 2. The molecular weight excluding hydrogens is 497 g/mol. The van der Waals surface area contributed by atoms with Gasteiger partial charge < -0.3 is 30.5 Å². The standard InChI is InChI=1S/C29H30FN7O2/c1-4-27(38)31-20-6-5-7-21(17-20)32-28-23-16-19(30)8-10-24(23)33-29(35-28)34-25-11-9-22(18-26(25)39-3)37-14-12-36(2)13-15-37/h4-11,16-18H,1,12-15H2,2-3H3,(H,31,38)(H2,32,33,34,35). The van der Waals surface area contributed by atoms with Gasteiger partial charge in [-0.1, -0.05) is 12.6 Å². The SMILES string of the molecule is C=CC(=O)Nc1cccc(Nc2nc(Nc3ccc(N4CCN(C)CC4)cc3OC)nc3ccc(F)cc23)c1. The number of hydrogen-bond acceptors (Lipinski definition) is 8. The van der Waals surface area contributed by atoms with Gasteiger partial charge in [-0.2, -0.15) is 4.98 Å². The molecular formula is C29H30FN7O2. The Labute approximate surface area is 226 Å². The summed E-state index contributed by atoms with van der Waals surface area (Å²) in [5.74, 6) is 0.666. The quantitative estimate of drug-likeness (QED) is 0.271. The van der Waals surface area contributed by atoms with Gasteiger partial charge in [0.2, 0.25) is 11.9 Å². The van der Waals surface area contributed by atoms with E-state index in [0.29, 0.717) is 45.5 Å². The van der Waals surface area contributed by atoms with E-state index in [9.17, 15) is 9.18 Å². The van der Waals surface area contributed by atoms with Crippen molar-refractivity contribution in [2.45, 2.75) is 0 Å². The third kappa shape index (κ3) is 6.07. The van der Waals surface area contributed by atoms with Crippen molar-refractivity contribution in [3.05, 3.63) is 79.1 Å². The van der Waals surface area contributed by atoms with Crippen LogP contribution in [0, 0.1) is 5.82 Å². The molecule has 10 heteroatoms. The van der Waals surface area contributed by atoms with Crippen molar-refractivity contribution >= 4 is 51.3 Å². The average Bonchev–Trinajstić information content (AvgIpc) is 2.94. The summed E-state index contributed by atoms with van der Waals surface area (Å²) in [6.07, 6.45) is 1.20. The molecule has 0 spiro atoms. The molecule has 0 saturated carbocycles. The van der Waals surface area contributed by atoms with E-state index < -0.39 is 5.82 Å². The van der Waals surface area contributed by atoms with Crippen LogP contribution in [0.15, 0.2) is 73.3 Å². The molecule has 39 heavy (non-hydrogen) atoms. The van der Waals surface area contributed by atoms with Gasteiger partial charge in [0.25, 0.3) is 0 Å². The maximum absolute atomic E-state index is 14.2. The Bertz CT molecular complexity index is 1520. The lowest BCUT2D eigenvalue weighted by atomic mass is 10.2. The molecule has 4 aromatic rings. The van der Waals surface area contributed by atoms with E-state index in [1.807, 2.05) is 18.2 Å². The van der Waals surface area contributed by atoms with Crippen molar-refractivity contribution in [3.63, 3.8) is 0 Å². The second kappa shape index (κ2) is 11.4. The zero-order valence-electron chi connectivity index (χ0n) is 21.9. The largest absolute Gasteiger partial charge is 0.494 e. The molecule has 1 saturated heterocycles. The summed E-state index contributed by atoms with van der Waals surface area (Å²) in [4.78, 5) is 25.6. The van der Waals surface area contributed by atoms with Crippen LogP contribution in [0.2, 0.25) is 0 Å². The Morgan fingerprint density at radius 2 is 1.79 bits per heavy atom. The van der Waals surface area contributed by atoms with Crippen molar-refractivity contribution in [2.24, 2.45) is 0 Å². The first kappa shape index (κ1) is 25.9. The normalized spacial score (nSPS) is 13.7. The number of amides is 1. The van der Waals surface area contributed by atoms with Crippen molar-refractivity contribution in [1.82, 2.24) is 14.9 Å². The zero-order chi connectivity index (χ0) is 27.4. The van der Waals surface area contributed by atoms with Crippen molar-refractivity contribution < 1.29 is 13.9 Å². The number of methoxy groups -OCH3 is 1. The highest BCUT2D eigenvalue weighted by Crippen LogP contribution is 2.33. The Morgan fingerprint density at radius 3 is 2.56 bits per heavy atom. The van der Waals surface area contributed by atoms with Crippen LogP contribution in [0.5, 0.6) is 5.75 Å². The first-order chi connectivity index (χ1) is 18.9. The molecule has 1 amide bonds. The van der Waals surface area contributed by atoms with Crippen LogP contribution in [0.1, 0.15) is 0 Å². The first-order valence-corrected chi connectivity index (χ1v) is 12.6. The number of benzene rings is 3. The van der Waals surface area contributed by atoms with Gasteiger partial charge in [0, 0.05) is 54.7 Å². The van der Waals surface area contributed by atoms with Crippen molar-refractivity contribution in [3.8, 4) is 5.75 Å². The summed E-state index contributed by atoms with van der Waals surface area (Å²) in [5.41, 5.74) is 3.59. The molecule has 1 aromatic heterocycles.